The highest BCUT2D eigenvalue weighted by Crippen LogP contribution is 2.14. The van der Waals surface area contributed by atoms with E-state index in [-0.39, 0.29) is 6.61 Å². The zero-order chi connectivity index (χ0) is 16.5. The van der Waals surface area contributed by atoms with Crippen molar-refractivity contribution in [2.75, 3.05) is 6.61 Å². The molecular formula is C19H40O3. The summed E-state index contributed by atoms with van der Waals surface area (Å²) in [6.45, 7) is 1.92. The summed E-state index contributed by atoms with van der Waals surface area (Å²) >= 11 is 0. The molecule has 22 heavy (non-hydrogen) atoms. The first-order chi connectivity index (χ1) is 10.7. The Bertz CT molecular complexity index is 209. The fraction of sp³-hybridized carbons (Fsp3) is 1.00. The van der Waals surface area contributed by atoms with Crippen LogP contribution in [0.5, 0.6) is 0 Å². The molecular weight excluding hydrogens is 276 g/mol. The van der Waals surface area contributed by atoms with Gasteiger partial charge in [0.05, 0.1) is 12.7 Å². The second-order valence-corrected chi connectivity index (χ2v) is 6.70. The molecule has 0 bridgehead atoms. The smallest absolute Gasteiger partial charge is 0.103 e. The van der Waals surface area contributed by atoms with Crippen molar-refractivity contribution in [3.63, 3.8) is 0 Å². The fourth-order valence-corrected chi connectivity index (χ4v) is 2.86. The van der Waals surface area contributed by atoms with E-state index >= 15 is 0 Å². The van der Waals surface area contributed by atoms with Crippen molar-refractivity contribution in [1.29, 1.82) is 0 Å². The lowest BCUT2D eigenvalue weighted by atomic mass is 10.0. The van der Waals surface area contributed by atoms with Gasteiger partial charge < -0.3 is 15.3 Å². The van der Waals surface area contributed by atoms with Gasteiger partial charge in [0, 0.05) is 0 Å². The number of hydrogen-bond acceptors (Lipinski definition) is 3. The topological polar surface area (TPSA) is 60.7 Å². The molecule has 3 heteroatoms. The molecule has 134 valence electrons. The molecule has 3 nitrogen and oxygen atoms in total. The summed E-state index contributed by atoms with van der Waals surface area (Å²) in [5.74, 6) is 0. The SMILES string of the molecule is CCCCCCCCCCCCCCCCC(O)[C@@H](O)CO. The van der Waals surface area contributed by atoms with Crippen LogP contribution < -0.4 is 0 Å². The third kappa shape index (κ3) is 14.8. The van der Waals surface area contributed by atoms with Crippen molar-refractivity contribution < 1.29 is 15.3 Å². The van der Waals surface area contributed by atoms with E-state index in [1.165, 1.54) is 77.0 Å². The molecule has 0 aromatic rings. The molecule has 0 aliphatic heterocycles. The predicted octanol–water partition coefficient (Wildman–Crippen LogP) is 4.57. The fourth-order valence-electron chi connectivity index (χ4n) is 2.86. The Balaban J connectivity index is 3.08. The molecule has 0 rings (SSSR count). The molecule has 0 heterocycles. The molecule has 1 unspecified atom stereocenters. The third-order valence-electron chi connectivity index (χ3n) is 4.48. The average Bonchev–Trinajstić information content (AvgIpc) is 2.54. The summed E-state index contributed by atoms with van der Waals surface area (Å²) in [5, 5.41) is 27.4. The van der Waals surface area contributed by atoms with E-state index in [0.717, 1.165) is 12.8 Å². The highest BCUT2D eigenvalue weighted by Gasteiger charge is 2.13. The van der Waals surface area contributed by atoms with Gasteiger partial charge in [-0.05, 0) is 6.42 Å². The van der Waals surface area contributed by atoms with E-state index in [1.807, 2.05) is 0 Å². The number of rotatable bonds is 17. The van der Waals surface area contributed by atoms with Crippen LogP contribution in [0.2, 0.25) is 0 Å². The zero-order valence-electron chi connectivity index (χ0n) is 14.8. The van der Waals surface area contributed by atoms with Crippen molar-refractivity contribution in [2.45, 2.75) is 115 Å². The minimum atomic E-state index is -0.970. The standard InChI is InChI=1S/C19H40O3/c1-2-3-4-5-6-7-8-9-10-11-12-13-14-15-16-18(21)19(22)17-20/h18-22H,2-17H2,1H3/t18?,19-/m0/s1. The first kappa shape index (κ1) is 21.9. The van der Waals surface area contributed by atoms with Crippen molar-refractivity contribution in [3.05, 3.63) is 0 Å². The minimum absolute atomic E-state index is 0.347. The van der Waals surface area contributed by atoms with Gasteiger partial charge in [0.2, 0.25) is 0 Å². The molecule has 2 atom stereocenters. The molecule has 3 N–H and O–H groups in total. The van der Waals surface area contributed by atoms with Crippen LogP contribution in [-0.2, 0) is 0 Å². The van der Waals surface area contributed by atoms with Crippen LogP contribution >= 0.6 is 0 Å². The van der Waals surface area contributed by atoms with Crippen LogP contribution in [0.25, 0.3) is 0 Å². The highest BCUT2D eigenvalue weighted by molar-refractivity contribution is 4.65. The molecule has 0 aromatic carbocycles. The second kappa shape index (κ2) is 17.2. The van der Waals surface area contributed by atoms with Gasteiger partial charge in [0.25, 0.3) is 0 Å². The first-order valence-electron chi connectivity index (χ1n) is 9.69. The van der Waals surface area contributed by atoms with Crippen molar-refractivity contribution in [2.24, 2.45) is 0 Å². The lowest BCUT2D eigenvalue weighted by Crippen LogP contribution is -2.28. The number of hydrogen-bond donors (Lipinski definition) is 3. The summed E-state index contributed by atoms with van der Waals surface area (Å²) in [6, 6.07) is 0. The molecule has 0 aromatic heterocycles. The maximum absolute atomic E-state index is 9.50. The Morgan fingerprint density at radius 2 is 0.909 bits per heavy atom. The minimum Gasteiger partial charge on any atom is -0.394 e. The Morgan fingerprint density at radius 1 is 0.545 bits per heavy atom. The lowest BCUT2D eigenvalue weighted by molar-refractivity contribution is -0.0185. The third-order valence-corrected chi connectivity index (χ3v) is 4.48. The maximum atomic E-state index is 9.50. The summed E-state index contributed by atoms with van der Waals surface area (Å²) in [5.41, 5.74) is 0. The Labute approximate surface area is 138 Å². The monoisotopic (exact) mass is 316 g/mol. The summed E-state index contributed by atoms with van der Waals surface area (Å²) in [7, 11) is 0. The molecule has 0 aliphatic carbocycles. The van der Waals surface area contributed by atoms with E-state index in [2.05, 4.69) is 6.92 Å². The van der Waals surface area contributed by atoms with Gasteiger partial charge in [-0.15, -0.1) is 0 Å². The van der Waals surface area contributed by atoms with Crippen LogP contribution in [0.3, 0.4) is 0 Å². The van der Waals surface area contributed by atoms with E-state index in [0.29, 0.717) is 6.42 Å². The van der Waals surface area contributed by atoms with Gasteiger partial charge in [-0.25, -0.2) is 0 Å². The molecule has 0 amide bonds. The normalized spacial score (nSPS) is 14.2. The Kier molecular flexibility index (Phi) is 17.1. The van der Waals surface area contributed by atoms with Gasteiger partial charge >= 0.3 is 0 Å². The number of aliphatic hydroxyl groups is 3. The van der Waals surface area contributed by atoms with E-state index < -0.39 is 12.2 Å². The molecule has 0 radical (unpaired) electrons. The van der Waals surface area contributed by atoms with Crippen molar-refractivity contribution in [1.82, 2.24) is 0 Å². The highest BCUT2D eigenvalue weighted by atomic mass is 16.4. The van der Waals surface area contributed by atoms with E-state index in [4.69, 9.17) is 5.11 Å². The summed E-state index contributed by atoms with van der Waals surface area (Å²) in [4.78, 5) is 0. The molecule has 0 fully saturated rings. The van der Waals surface area contributed by atoms with Crippen LogP contribution in [0.1, 0.15) is 103 Å². The van der Waals surface area contributed by atoms with Gasteiger partial charge in [0.1, 0.15) is 6.10 Å². The second-order valence-electron chi connectivity index (χ2n) is 6.70. The average molecular weight is 317 g/mol. The lowest BCUT2D eigenvalue weighted by Gasteiger charge is -2.14. The number of unbranched alkanes of at least 4 members (excludes halogenated alkanes) is 13. The molecule has 0 aliphatic rings. The van der Waals surface area contributed by atoms with E-state index in [9.17, 15) is 10.2 Å². The maximum Gasteiger partial charge on any atom is 0.103 e. The van der Waals surface area contributed by atoms with Gasteiger partial charge in [-0.1, -0.05) is 96.8 Å². The quantitative estimate of drug-likeness (QED) is 0.344. The number of aliphatic hydroxyl groups excluding tert-OH is 3. The van der Waals surface area contributed by atoms with Crippen LogP contribution in [0.15, 0.2) is 0 Å². The van der Waals surface area contributed by atoms with Gasteiger partial charge in [0.15, 0.2) is 0 Å². The zero-order valence-corrected chi connectivity index (χ0v) is 14.8. The van der Waals surface area contributed by atoms with Crippen LogP contribution in [-0.4, -0.2) is 34.1 Å². The van der Waals surface area contributed by atoms with Gasteiger partial charge in [-0.2, -0.15) is 0 Å². The van der Waals surface area contributed by atoms with E-state index in [1.54, 1.807) is 0 Å². The van der Waals surface area contributed by atoms with Gasteiger partial charge in [-0.3, -0.25) is 0 Å². The Hall–Kier alpha value is -0.120. The van der Waals surface area contributed by atoms with Crippen LogP contribution in [0, 0.1) is 0 Å². The van der Waals surface area contributed by atoms with Crippen molar-refractivity contribution >= 4 is 0 Å². The summed E-state index contributed by atoms with van der Waals surface area (Å²) < 4.78 is 0. The Morgan fingerprint density at radius 3 is 1.27 bits per heavy atom. The van der Waals surface area contributed by atoms with Crippen LogP contribution in [0.4, 0.5) is 0 Å². The first-order valence-corrected chi connectivity index (χ1v) is 9.69. The predicted molar refractivity (Wildman–Crippen MR) is 94.0 cm³/mol. The molecule has 0 saturated heterocycles. The largest absolute Gasteiger partial charge is 0.394 e. The molecule has 0 saturated carbocycles. The summed E-state index contributed by atoms with van der Waals surface area (Å²) in [6.07, 6.45) is 17.3. The molecule has 0 spiro atoms. The van der Waals surface area contributed by atoms with Crippen molar-refractivity contribution in [3.8, 4) is 0 Å².